The van der Waals surface area contributed by atoms with Gasteiger partial charge in [0.15, 0.2) is 0 Å². The molecule has 1 aliphatic carbocycles. The lowest BCUT2D eigenvalue weighted by atomic mass is 9.84. The van der Waals surface area contributed by atoms with Gasteiger partial charge in [0, 0.05) is 18.5 Å². The molecular formula is C17H23N3. The fourth-order valence-corrected chi connectivity index (χ4v) is 3.24. The second-order valence-electron chi connectivity index (χ2n) is 5.97. The molecule has 0 bridgehead atoms. The number of nitrogens with zero attached hydrogens (tertiary/aromatic N) is 2. The molecule has 1 saturated carbocycles. The molecule has 3 rings (SSSR count). The van der Waals surface area contributed by atoms with Crippen LogP contribution in [0.15, 0.2) is 24.3 Å². The maximum Gasteiger partial charge on any atom is 0.129 e. The summed E-state index contributed by atoms with van der Waals surface area (Å²) in [5.74, 6) is 1.36. The third-order valence-corrected chi connectivity index (χ3v) is 4.45. The molecule has 1 heterocycles. The van der Waals surface area contributed by atoms with Crippen LogP contribution >= 0.6 is 0 Å². The summed E-state index contributed by atoms with van der Waals surface area (Å²) in [6.45, 7) is 2.11. The van der Waals surface area contributed by atoms with Crippen molar-refractivity contribution in [1.29, 1.82) is 0 Å². The van der Waals surface area contributed by atoms with Crippen molar-refractivity contribution >= 4 is 5.82 Å². The smallest absolute Gasteiger partial charge is 0.129 e. The molecule has 0 atom stereocenters. The molecule has 0 amide bonds. The van der Waals surface area contributed by atoms with Crippen LogP contribution in [-0.2, 0) is 7.05 Å². The van der Waals surface area contributed by atoms with Gasteiger partial charge in [-0.2, -0.15) is 5.10 Å². The predicted octanol–water partition coefficient (Wildman–Crippen LogP) is 4.03. The Hall–Kier alpha value is -1.77. The minimum absolute atomic E-state index is 0.573. The van der Waals surface area contributed by atoms with Gasteiger partial charge in [0.2, 0.25) is 0 Å². The first-order chi connectivity index (χ1) is 9.66. The minimum atomic E-state index is 0.573. The van der Waals surface area contributed by atoms with Crippen LogP contribution in [0.4, 0.5) is 5.82 Å². The van der Waals surface area contributed by atoms with Crippen LogP contribution in [0.5, 0.6) is 0 Å². The first-order valence-corrected chi connectivity index (χ1v) is 7.56. The second kappa shape index (κ2) is 5.31. The van der Waals surface area contributed by atoms with Gasteiger partial charge < -0.3 is 5.73 Å². The number of benzene rings is 1. The highest BCUT2D eigenvalue weighted by atomic mass is 15.3. The maximum absolute atomic E-state index is 6.28. The SMILES string of the molecule is Cc1ccc(-c2c(C3CCCCC3)nn(C)c2N)cc1. The normalized spacial score (nSPS) is 16.5. The summed E-state index contributed by atoms with van der Waals surface area (Å²) in [4.78, 5) is 0. The zero-order chi connectivity index (χ0) is 14.1. The van der Waals surface area contributed by atoms with Gasteiger partial charge in [0.1, 0.15) is 5.82 Å². The van der Waals surface area contributed by atoms with E-state index < -0.39 is 0 Å². The van der Waals surface area contributed by atoms with Crippen LogP contribution < -0.4 is 5.73 Å². The van der Waals surface area contributed by atoms with Crippen molar-refractivity contribution in [2.75, 3.05) is 5.73 Å². The van der Waals surface area contributed by atoms with Gasteiger partial charge in [0.25, 0.3) is 0 Å². The van der Waals surface area contributed by atoms with E-state index in [1.807, 2.05) is 11.7 Å². The Kier molecular flexibility index (Phi) is 3.51. The number of anilines is 1. The average molecular weight is 269 g/mol. The molecule has 0 unspecified atom stereocenters. The number of aromatic nitrogens is 2. The van der Waals surface area contributed by atoms with Crippen molar-refractivity contribution in [1.82, 2.24) is 9.78 Å². The topological polar surface area (TPSA) is 43.8 Å². The van der Waals surface area contributed by atoms with Crippen molar-refractivity contribution in [3.05, 3.63) is 35.5 Å². The van der Waals surface area contributed by atoms with Gasteiger partial charge in [-0.3, -0.25) is 4.68 Å². The van der Waals surface area contributed by atoms with Gasteiger partial charge in [0.05, 0.1) is 5.69 Å². The van der Waals surface area contributed by atoms with Crippen LogP contribution in [0.2, 0.25) is 0 Å². The van der Waals surface area contributed by atoms with E-state index in [0.29, 0.717) is 5.92 Å². The highest BCUT2D eigenvalue weighted by Crippen LogP contribution is 2.39. The monoisotopic (exact) mass is 269 g/mol. The number of nitrogen functional groups attached to an aromatic ring is 1. The zero-order valence-corrected chi connectivity index (χ0v) is 12.4. The predicted molar refractivity (Wildman–Crippen MR) is 83.6 cm³/mol. The molecular weight excluding hydrogens is 246 g/mol. The molecule has 1 aromatic carbocycles. The Morgan fingerprint density at radius 1 is 1.10 bits per heavy atom. The third kappa shape index (κ3) is 2.33. The third-order valence-electron chi connectivity index (χ3n) is 4.45. The summed E-state index contributed by atoms with van der Waals surface area (Å²) in [6.07, 6.45) is 6.48. The Morgan fingerprint density at radius 3 is 2.40 bits per heavy atom. The Balaban J connectivity index is 2.06. The van der Waals surface area contributed by atoms with E-state index in [-0.39, 0.29) is 0 Å². The van der Waals surface area contributed by atoms with Crippen molar-refractivity contribution in [2.24, 2.45) is 7.05 Å². The average Bonchev–Trinajstić information content (AvgIpc) is 2.77. The molecule has 0 radical (unpaired) electrons. The number of rotatable bonds is 2. The van der Waals surface area contributed by atoms with Crippen LogP contribution in [0.1, 0.15) is 49.3 Å². The van der Waals surface area contributed by atoms with E-state index in [1.165, 1.54) is 48.9 Å². The van der Waals surface area contributed by atoms with Crippen LogP contribution in [0.3, 0.4) is 0 Å². The minimum Gasteiger partial charge on any atom is -0.383 e. The fourth-order valence-electron chi connectivity index (χ4n) is 3.24. The Labute approximate surface area is 120 Å². The molecule has 1 fully saturated rings. The molecule has 0 aliphatic heterocycles. The highest BCUT2D eigenvalue weighted by molar-refractivity contribution is 5.77. The zero-order valence-electron chi connectivity index (χ0n) is 12.4. The molecule has 1 aromatic heterocycles. The Morgan fingerprint density at radius 2 is 1.75 bits per heavy atom. The summed E-state index contributed by atoms with van der Waals surface area (Å²) in [6, 6.07) is 8.61. The van der Waals surface area contributed by atoms with Crippen molar-refractivity contribution in [2.45, 2.75) is 44.9 Å². The molecule has 106 valence electrons. The molecule has 2 aromatic rings. The van der Waals surface area contributed by atoms with Crippen molar-refractivity contribution < 1.29 is 0 Å². The summed E-state index contributed by atoms with van der Waals surface area (Å²) < 4.78 is 1.83. The van der Waals surface area contributed by atoms with Gasteiger partial charge in [-0.25, -0.2) is 0 Å². The van der Waals surface area contributed by atoms with Gasteiger partial charge >= 0.3 is 0 Å². The van der Waals surface area contributed by atoms with Crippen LogP contribution in [-0.4, -0.2) is 9.78 Å². The molecule has 3 nitrogen and oxygen atoms in total. The number of aryl methyl sites for hydroxylation is 2. The molecule has 0 saturated heterocycles. The van der Waals surface area contributed by atoms with Crippen LogP contribution in [0, 0.1) is 6.92 Å². The van der Waals surface area contributed by atoms with Crippen LogP contribution in [0.25, 0.3) is 11.1 Å². The van der Waals surface area contributed by atoms with E-state index in [4.69, 9.17) is 10.8 Å². The summed E-state index contributed by atoms with van der Waals surface area (Å²) in [5, 5.41) is 4.72. The van der Waals surface area contributed by atoms with E-state index in [0.717, 1.165) is 11.4 Å². The molecule has 0 spiro atoms. The fraction of sp³-hybridized carbons (Fsp3) is 0.471. The van der Waals surface area contributed by atoms with Gasteiger partial charge in [-0.1, -0.05) is 49.1 Å². The molecule has 20 heavy (non-hydrogen) atoms. The highest BCUT2D eigenvalue weighted by Gasteiger charge is 2.24. The first kappa shape index (κ1) is 13.2. The lowest BCUT2D eigenvalue weighted by Crippen LogP contribution is -2.06. The second-order valence-corrected chi connectivity index (χ2v) is 5.97. The lowest BCUT2D eigenvalue weighted by molar-refractivity contribution is 0.434. The van der Waals surface area contributed by atoms with Crippen molar-refractivity contribution in [3.63, 3.8) is 0 Å². The van der Waals surface area contributed by atoms with E-state index >= 15 is 0 Å². The lowest BCUT2D eigenvalue weighted by Gasteiger charge is -2.21. The number of hydrogen-bond acceptors (Lipinski definition) is 2. The van der Waals surface area contributed by atoms with Gasteiger partial charge in [-0.15, -0.1) is 0 Å². The molecule has 3 heteroatoms. The molecule has 1 aliphatic rings. The summed E-state index contributed by atoms with van der Waals surface area (Å²) in [7, 11) is 1.94. The van der Waals surface area contributed by atoms with E-state index in [9.17, 15) is 0 Å². The number of nitrogens with two attached hydrogens (primary N) is 1. The quantitative estimate of drug-likeness (QED) is 0.894. The summed E-state index contributed by atoms with van der Waals surface area (Å²) >= 11 is 0. The van der Waals surface area contributed by atoms with Crippen molar-refractivity contribution in [3.8, 4) is 11.1 Å². The van der Waals surface area contributed by atoms with E-state index in [1.54, 1.807) is 0 Å². The maximum atomic E-state index is 6.28. The summed E-state index contributed by atoms with van der Waals surface area (Å²) in [5.41, 5.74) is 11.1. The molecule has 2 N–H and O–H groups in total. The Bertz CT molecular complexity index is 589. The van der Waals surface area contributed by atoms with E-state index in [2.05, 4.69) is 31.2 Å². The number of hydrogen-bond donors (Lipinski definition) is 1. The standard InChI is InChI=1S/C17H23N3/c1-12-8-10-13(11-9-12)15-16(19-20(2)17(15)18)14-6-4-3-5-7-14/h8-11,14H,3-7,18H2,1-2H3. The van der Waals surface area contributed by atoms with Gasteiger partial charge in [-0.05, 0) is 25.3 Å². The first-order valence-electron chi connectivity index (χ1n) is 7.56. The largest absolute Gasteiger partial charge is 0.383 e.